The van der Waals surface area contributed by atoms with Crippen LogP contribution in [0.25, 0.3) is 10.2 Å². The SMILES string of the molecule is CCC1(N2CCOCC2)CCC(Oc2ccnc3sc4c(c23)[C@@H](CN2CCCC2)CC4)CC1. The molecule has 2 aromatic heterocycles. The van der Waals surface area contributed by atoms with Crippen LogP contribution in [0.5, 0.6) is 5.75 Å². The number of likely N-dealkylation sites (tertiary alicyclic amines) is 1. The van der Waals surface area contributed by atoms with Gasteiger partial charge in [-0.1, -0.05) is 6.92 Å². The summed E-state index contributed by atoms with van der Waals surface area (Å²) in [7, 11) is 0. The number of pyridine rings is 1. The Balaban J connectivity index is 1.19. The Morgan fingerprint density at radius 1 is 1.12 bits per heavy atom. The lowest BCUT2D eigenvalue weighted by Gasteiger charge is -2.49. The molecule has 0 aromatic carbocycles. The van der Waals surface area contributed by atoms with Crippen LogP contribution in [0.2, 0.25) is 0 Å². The second-order valence-corrected chi connectivity index (χ2v) is 11.7. The van der Waals surface area contributed by atoms with Crippen LogP contribution in [0.3, 0.4) is 0 Å². The molecule has 6 heteroatoms. The largest absolute Gasteiger partial charge is 0.490 e. The minimum Gasteiger partial charge on any atom is -0.490 e. The number of hydrogen-bond acceptors (Lipinski definition) is 6. The summed E-state index contributed by atoms with van der Waals surface area (Å²) in [6.45, 7) is 10.1. The molecule has 6 rings (SSSR count). The number of rotatable bonds is 6. The van der Waals surface area contributed by atoms with Crippen molar-refractivity contribution in [2.24, 2.45) is 0 Å². The van der Waals surface area contributed by atoms with Gasteiger partial charge >= 0.3 is 0 Å². The van der Waals surface area contributed by atoms with Gasteiger partial charge in [0.1, 0.15) is 10.6 Å². The van der Waals surface area contributed by atoms with Crippen molar-refractivity contribution in [3.8, 4) is 5.75 Å². The van der Waals surface area contributed by atoms with E-state index in [9.17, 15) is 0 Å². The molecular weight excluding hydrogens is 430 g/mol. The van der Waals surface area contributed by atoms with Gasteiger partial charge in [-0.25, -0.2) is 4.98 Å². The van der Waals surface area contributed by atoms with E-state index >= 15 is 0 Å². The summed E-state index contributed by atoms with van der Waals surface area (Å²) < 4.78 is 12.4. The van der Waals surface area contributed by atoms with Crippen molar-refractivity contribution in [3.05, 3.63) is 22.7 Å². The minimum atomic E-state index is 0.324. The van der Waals surface area contributed by atoms with Crippen LogP contribution in [0, 0.1) is 0 Å². The third kappa shape index (κ3) is 4.22. The lowest BCUT2D eigenvalue weighted by Crippen LogP contribution is -2.55. The van der Waals surface area contributed by atoms with E-state index in [1.54, 1.807) is 10.4 Å². The van der Waals surface area contributed by atoms with Crippen LogP contribution < -0.4 is 4.74 Å². The molecule has 2 aliphatic carbocycles. The fourth-order valence-electron chi connectivity index (χ4n) is 7.04. The van der Waals surface area contributed by atoms with Crippen LogP contribution in [0.1, 0.15) is 74.6 Å². The van der Waals surface area contributed by atoms with Crippen LogP contribution in [0.15, 0.2) is 12.3 Å². The molecule has 2 saturated heterocycles. The number of nitrogens with zero attached hydrogens (tertiary/aromatic N) is 3. The summed E-state index contributed by atoms with van der Waals surface area (Å²) >= 11 is 1.92. The average molecular weight is 470 g/mol. The van der Waals surface area contributed by atoms with Gasteiger partial charge in [0.15, 0.2) is 0 Å². The van der Waals surface area contributed by atoms with Crippen molar-refractivity contribution >= 4 is 21.6 Å². The molecule has 0 bridgehead atoms. The van der Waals surface area contributed by atoms with E-state index in [4.69, 9.17) is 14.5 Å². The Bertz CT molecular complexity index is 956. The number of aromatic nitrogens is 1. The normalized spacial score (nSPS) is 31.3. The third-order valence-electron chi connectivity index (χ3n) is 8.97. The third-order valence-corrected chi connectivity index (χ3v) is 10.1. The molecule has 0 N–H and O–H groups in total. The predicted molar refractivity (Wildman–Crippen MR) is 135 cm³/mol. The van der Waals surface area contributed by atoms with Gasteiger partial charge in [-0.15, -0.1) is 11.3 Å². The zero-order chi connectivity index (χ0) is 22.3. The maximum atomic E-state index is 6.81. The Kier molecular flexibility index (Phi) is 6.37. The number of morpholine rings is 1. The van der Waals surface area contributed by atoms with Gasteiger partial charge < -0.3 is 14.4 Å². The topological polar surface area (TPSA) is 37.8 Å². The Hall–Kier alpha value is -1.21. The first-order valence-corrected chi connectivity index (χ1v) is 14.2. The van der Waals surface area contributed by atoms with Gasteiger partial charge in [-0.05, 0) is 88.4 Å². The molecule has 33 heavy (non-hydrogen) atoms. The van der Waals surface area contributed by atoms with Gasteiger partial charge in [0.25, 0.3) is 0 Å². The number of thiophene rings is 1. The number of ether oxygens (including phenoxy) is 2. The highest BCUT2D eigenvalue weighted by molar-refractivity contribution is 7.19. The van der Waals surface area contributed by atoms with Gasteiger partial charge in [0.05, 0.1) is 24.7 Å². The quantitative estimate of drug-likeness (QED) is 0.580. The van der Waals surface area contributed by atoms with Crippen molar-refractivity contribution in [2.75, 3.05) is 45.9 Å². The fourth-order valence-corrected chi connectivity index (χ4v) is 8.30. The summed E-state index contributed by atoms with van der Waals surface area (Å²) in [4.78, 5) is 12.9. The molecule has 4 heterocycles. The first-order chi connectivity index (χ1) is 16.3. The zero-order valence-corrected chi connectivity index (χ0v) is 21.0. The standard InChI is InChI=1S/C27H39N3O2S/c1-2-27(30-15-17-31-18-16-30)10-7-21(8-11-27)32-22-9-12-28-26-25(22)24-20(5-6-23(24)33-26)19-29-13-3-4-14-29/h9,12,20-21H,2-8,10-11,13-19H2,1H3/t20-,21?,27?/m1/s1. The molecule has 0 unspecified atom stereocenters. The molecule has 3 fully saturated rings. The molecule has 1 atom stereocenters. The van der Waals surface area contributed by atoms with E-state index in [-0.39, 0.29) is 0 Å². The second kappa shape index (κ2) is 9.44. The van der Waals surface area contributed by atoms with Crippen molar-refractivity contribution < 1.29 is 9.47 Å². The maximum absolute atomic E-state index is 6.81. The monoisotopic (exact) mass is 469 g/mol. The lowest BCUT2D eigenvalue weighted by molar-refractivity contribution is -0.0510. The van der Waals surface area contributed by atoms with Gasteiger partial charge in [0, 0.05) is 36.2 Å². The van der Waals surface area contributed by atoms with Gasteiger partial charge in [-0.2, -0.15) is 0 Å². The maximum Gasteiger partial charge on any atom is 0.131 e. The molecule has 5 nitrogen and oxygen atoms in total. The van der Waals surface area contributed by atoms with E-state index in [0.29, 0.717) is 17.6 Å². The molecule has 0 radical (unpaired) electrons. The second-order valence-electron chi connectivity index (χ2n) is 10.7. The van der Waals surface area contributed by atoms with Gasteiger partial charge in [-0.3, -0.25) is 4.90 Å². The van der Waals surface area contributed by atoms with Crippen LogP contribution in [0.4, 0.5) is 0 Å². The van der Waals surface area contributed by atoms with Crippen LogP contribution >= 0.6 is 11.3 Å². The predicted octanol–water partition coefficient (Wildman–Crippen LogP) is 5.22. The Morgan fingerprint density at radius 2 is 1.91 bits per heavy atom. The lowest BCUT2D eigenvalue weighted by atomic mass is 9.77. The van der Waals surface area contributed by atoms with E-state index in [1.165, 1.54) is 74.8 Å². The highest BCUT2D eigenvalue weighted by atomic mass is 32.1. The number of fused-ring (bicyclic) bond motifs is 3. The fraction of sp³-hybridized carbons (Fsp3) is 0.741. The first kappa shape index (κ1) is 22.3. The minimum absolute atomic E-state index is 0.324. The average Bonchev–Trinajstić information content (AvgIpc) is 3.59. The molecule has 2 aliphatic heterocycles. The summed E-state index contributed by atoms with van der Waals surface area (Å²) in [6.07, 6.45) is 13.5. The smallest absolute Gasteiger partial charge is 0.131 e. The van der Waals surface area contributed by atoms with Gasteiger partial charge in [0.2, 0.25) is 0 Å². The first-order valence-electron chi connectivity index (χ1n) is 13.4. The van der Waals surface area contributed by atoms with Crippen molar-refractivity contribution in [1.29, 1.82) is 0 Å². The van der Waals surface area contributed by atoms with Crippen molar-refractivity contribution in [1.82, 2.24) is 14.8 Å². The highest BCUT2D eigenvalue weighted by Crippen LogP contribution is 2.47. The number of hydrogen-bond donors (Lipinski definition) is 0. The molecule has 0 spiro atoms. The summed E-state index contributed by atoms with van der Waals surface area (Å²) in [5.41, 5.74) is 1.93. The number of aryl methyl sites for hydroxylation is 1. The van der Waals surface area contributed by atoms with Crippen LogP contribution in [-0.4, -0.2) is 72.4 Å². The zero-order valence-electron chi connectivity index (χ0n) is 20.2. The van der Waals surface area contributed by atoms with E-state index in [0.717, 1.165) is 44.9 Å². The molecule has 2 aromatic rings. The summed E-state index contributed by atoms with van der Waals surface area (Å²) in [5, 5.41) is 1.35. The summed E-state index contributed by atoms with van der Waals surface area (Å²) in [6, 6.07) is 2.14. The van der Waals surface area contributed by atoms with E-state index in [1.807, 2.05) is 17.5 Å². The Labute approximate surface area is 202 Å². The summed E-state index contributed by atoms with van der Waals surface area (Å²) in [5.74, 6) is 1.75. The molecular formula is C27H39N3O2S. The molecule has 4 aliphatic rings. The molecule has 1 saturated carbocycles. The van der Waals surface area contributed by atoms with Crippen LogP contribution in [-0.2, 0) is 11.2 Å². The Morgan fingerprint density at radius 3 is 2.67 bits per heavy atom. The van der Waals surface area contributed by atoms with Crippen molar-refractivity contribution in [2.45, 2.75) is 82.3 Å². The molecule has 180 valence electrons. The van der Waals surface area contributed by atoms with E-state index in [2.05, 4.69) is 22.8 Å². The van der Waals surface area contributed by atoms with E-state index < -0.39 is 0 Å². The highest BCUT2D eigenvalue weighted by Gasteiger charge is 2.40. The molecule has 0 amide bonds. The van der Waals surface area contributed by atoms with Crippen molar-refractivity contribution in [3.63, 3.8) is 0 Å².